The molecule has 2 rings (SSSR count). The SMILES string of the molecule is N/C(=C/OCc1ccccc1)CN1CCCC1. The molecule has 0 aliphatic carbocycles. The number of rotatable bonds is 5. The first-order chi connectivity index (χ1) is 8.34. The predicted molar refractivity (Wildman–Crippen MR) is 69.2 cm³/mol. The number of likely N-dealkylation sites (tertiary alicyclic amines) is 1. The van der Waals surface area contributed by atoms with Crippen LogP contribution in [0, 0.1) is 0 Å². The van der Waals surface area contributed by atoms with Crippen LogP contribution < -0.4 is 5.73 Å². The molecule has 0 aromatic heterocycles. The molecule has 1 aromatic carbocycles. The third kappa shape index (κ3) is 4.11. The van der Waals surface area contributed by atoms with Crippen LogP contribution in [0.5, 0.6) is 0 Å². The van der Waals surface area contributed by atoms with Crippen molar-refractivity contribution in [2.24, 2.45) is 5.73 Å². The number of nitrogens with zero attached hydrogens (tertiary/aromatic N) is 1. The average molecular weight is 232 g/mol. The molecule has 1 fully saturated rings. The van der Waals surface area contributed by atoms with Crippen molar-refractivity contribution in [2.75, 3.05) is 19.6 Å². The lowest BCUT2D eigenvalue weighted by Gasteiger charge is -2.14. The summed E-state index contributed by atoms with van der Waals surface area (Å²) in [4.78, 5) is 2.36. The van der Waals surface area contributed by atoms with Crippen LogP contribution in [0.3, 0.4) is 0 Å². The van der Waals surface area contributed by atoms with Gasteiger partial charge in [0.25, 0.3) is 0 Å². The fourth-order valence-corrected chi connectivity index (χ4v) is 2.06. The molecule has 3 nitrogen and oxygen atoms in total. The minimum absolute atomic E-state index is 0.585. The van der Waals surface area contributed by atoms with E-state index in [1.807, 2.05) is 30.3 Å². The lowest BCUT2D eigenvalue weighted by atomic mass is 10.2. The minimum atomic E-state index is 0.585. The fraction of sp³-hybridized carbons (Fsp3) is 0.429. The van der Waals surface area contributed by atoms with Crippen LogP contribution in [0.15, 0.2) is 42.3 Å². The van der Waals surface area contributed by atoms with Crippen molar-refractivity contribution >= 4 is 0 Å². The molecule has 1 aliphatic rings. The molecule has 0 bridgehead atoms. The zero-order valence-electron chi connectivity index (χ0n) is 10.1. The predicted octanol–water partition coefficient (Wildman–Crippen LogP) is 2.10. The van der Waals surface area contributed by atoms with E-state index in [0.29, 0.717) is 6.61 Å². The molecule has 1 aliphatic heterocycles. The van der Waals surface area contributed by atoms with E-state index in [1.54, 1.807) is 6.26 Å². The summed E-state index contributed by atoms with van der Waals surface area (Å²) in [6.45, 7) is 3.73. The van der Waals surface area contributed by atoms with Gasteiger partial charge in [-0.3, -0.25) is 4.90 Å². The van der Waals surface area contributed by atoms with Gasteiger partial charge in [0.05, 0.1) is 5.70 Å². The van der Waals surface area contributed by atoms with Crippen LogP contribution in [0.4, 0.5) is 0 Å². The van der Waals surface area contributed by atoms with E-state index < -0.39 is 0 Å². The van der Waals surface area contributed by atoms with Crippen molar-refractivity contribution in [1.82, 2.24) is 4.90 Å². The van der Waals surface area contributed by atoms with Gasteiger partial charge in [0, 0.05) is 6.54 Å². The van der Waals surface area contributed by atoms with Crippen LogP contribution >= 0.6 is 0 Å². The fourth-order valence-electron chi connectivity index (χ4n) is 2.06. The van der Waals surface area contributed by atoms with Gasteiger partial charge in [-0.25, -0.2) is 0 Å². The molecular weight excluding hydrogens is 212 g/mol. The Morgan fingerprint density at radius 3 is 2.65 bits per heavy atom. The topological polar surface area (TPSA) is 38.5 Å². The lowest BCUT2D eigenvalue weighted by molar-refractivity contribution is 0.229. The molecule has 1 heterocycles. The summed E-state index contributed by atoms with van der Waals surface area (Å²) < 4.78 is 5.48. The first-order valence-electron chi connectivity index (χ1n) is 6.17. The second-order valence-corrected chi connectivity index (χ2v) is 4.47. The monoisotopic (exact) mass is 232 g/mol. The van der Waals surface area contributed by atoms with Crippen molar-refractivity contribution in [3.05, 3.63) is 47.9 Å². The molecule has 0 atom stereocenters. The molecular formula is C14H20N2O. The second kappa shape index (κ2) is 6.30. The zero-order chi connectivity index (χ0) is 11.9. The third-order valence-electron chi connectivity index (χ3n) is 2.93. The van der Waals surface area contributed by atoms with Gasteiger partial charge in [0.15, 0.2) is 0 Å². The van der Waals surface area contributed by atoms with Gasteiger partial charge in [0.2, 0.25) is 0 Å². The van der Waals surface area contributed by atoms with Crippen LogP contribution in [0.2, 0.25) is 0 Å². The van der Waals surface area contributed by atoms with E-state index in [-0.39, 0.29) is 0 Å². The number of nitrogens with two attached hydrogens (primary N) is 1. The molecule has 0 radical (unpaired) electrons. The Labute approximate surface area is 103 Å². The maximum atomic E-state index is 5.91. The molecule has 17 heavy (non-hydrogen) atoms. The Morgan fingerprint density at radius 1 is 1.24 bits per heavy atom. The van der Waals surface area contributed by atoms with Crippen LogP contribution in [0.25, 0.3) is 0 Å². The van der Waals surface area contributed by atoms with Crippen molar-refractivity contribution in [2.45, 2.75) is 19.4 Å². The average Bonchev–Trinajstić information content (AvgIpc) is 2.83. The summed E-state index contributed by atoms with van der Waals surface area (Å²) in [5.41, 5.74) is 7.88. The summed E-state index contributed by atoms with van der Waals surface area (Å²) in [5.74, 6) is 0. The van der Waals surface area contributed by atoms with Gasteiger partial charge in [-0.15, -0.1) is 0 Å². The first-order valence-corrected chi connectivity index (χ1v) is 6.17. The van der Waals surface area contributed by atoms with Gasteiger partial charge < -0.3 is 10.5 Å². The zero-order valence-corrected chi connectivity index (χ0v) is 10.1. The number of hydrogen-bond acceptors (Lipinski definition) is 3. The molecule has 3 heteroatoms. The smallest absolute Gasteiger partial charge is 0.112 e. The number of hydrogen-bond donors (Lipinski definition) is 1. The van der Waals surface area contributed by atoms with Gasteiger partial charge >= 0.3 is 0 Å². The van der Waals surface area contributed by atoms with E-state index in [0.717, 1.165) is 30.9 Å². The van der Waals surface area contributed by atoms with Crippen molar-refractivity contribution in [3.63, 3.8) is 0 Å². The Kier molecular flexibility index (Phi) is 4.45. The van der Waals surface area contributed by atoms with Gasteiger partial charge in [0.1, 0.15) is 12.9 Å². The minimum Gasteiger partial charge on any atom is -0.495 e. The molecule has 1 aromatic rings. The molecule has 0 amide bonds. The molecule has 1 saturated heterocycles. The van der Waals surface area contributed by atoms with Gasteiger partial charge in [-0.1, -0.05) is 30.3 Å². The summed E-state index contributed by atoms with van der Waals surface area (Å²) >= 11 is 0. The van der Waals surface area contributed by atoms with Crippen LogP contribution in [0.1, 0.15) is 18.4 Å². The van der Waals surface area contributed by atoms with Crippen LogP contribution in [-0.2, 0) is 11.3 Å². The van der Waals surface area contributed by atoms with E-state index in [4.69, 9.17) is 10.5 Å². The maximum Gasteiger partial charge on any atom is 0.112 e. The van der Waals surface area contributed by atoms with Crippen molar-refractivity contribution in [1.29, 1.82) is 0 Å². The van der Waals surface area contributed by atoms with Crippen molar-refractivity contribution < 1.29 is 4.74 Å². The second-order valence-electron chi connectivity index (χ2n) is 4.47. The third-order valence-corrected chi connectivity index (χ3v) is 2.93. The lowest BCUT2D eigenvalue weighted by Crippen LogP contribution is -2.25. The molecule has 2 N–H and O–H groups in total. The molecule has 0 unspecified atom stereocenters. The van der Waals surface area contributed by atoms with Crippen molar-refractivity contribution in [3.8, 4) is 0 Å². The summed E-state index contributed by atoms with van der Waals surface area (Å²) in [6, 6.07) is 10.1. The largest absolute Gasteiger partial charge is 0.495 e. The summed E-state index contributed by atoms with van der Waals surface area (Å²) in [5, 5.41) is 0. The highest BCUT2D eigenvalue weighted by molar-refractivity contribution is 5.13. The Balaban J connectivity index is 1.72. The highest BCUT2D eigenvalue weighted by Crippen LogP contribution is 2.08. The standard InChI is InChI=1S/C14H20N2O/c15-14(10-16-8-4-5-9-16)12-17-11-13-6-2-1-3-7-13/h1-3,6-7,12H,4-5,8-11,15H2/b14-12+. The quantitative estimate of drug-likeness (QED) is 0.790. The van der Waals surface area contributed by atoms with E-state index >= 15 is 0 Å². The summed E-state index contributed by atoms with van der Waals surface area (Å²) in [7, 11) is 0. The van der Waals surface area contributed by atoms with E-state index in [2.05, 4.69) is 4.90 Å². The van der Waals surface area contributed by atoms with Crippen LogP contribution in [-0.4, -0.2) is 24.5 Å². The Hall–Kier alpha value is -1.48. The Bertz CT molecular complexity index is 356. The number of benzene rings is 1. The first kappa shape index (κ1) is 12.0. The van der Waals surface area contributed by atoms with Gasteiger partial charge in [-0.05, 0) is 31.5 Å². The normalized spacial score (nSPS) is 17.3. The highest BCUT2D eigenvalue weighted by atomic mass is 16.5. The Morgan fingerprint density at radius 2 is 1.94 bits per heavy atom. The summed E-state index contributed by atoms with van der Waals surface area (Å²) in [6.07, 6.45) is 4.27. The van der Waals surface area contributed by atoms with E-state index in [9.17, 15) is 0 Å². The maximum absolute atomic E-state index is 5.91. The highest BCUT2D eigenvalue weighted by Gasteiger charge is 2.11. The number of ether oxygens (including phenoxy) is 1. The molecule has 0 spiro atoms. The van der Waals surface area contributed by atoms with Gasteiger partial charge in [-0.2, -0.15) is 0 Å². The molecule has 0 saturated carbocycles. The van der Waals surface area contributed by atoms with E-state index in [1.165, 1.54) is 12.8 Å². The molecule has 92 valence electrons.